The zero-order valence-corrected chi connectivity index (χ0v) is 25.3. The molecule has 9 aromatic carbocycles. The molecule has 1 aromatic heterocycles. The molecule has 0 aliphatic carbocycles. The summed E-state index contributed by atoms with van der Waals surface area (Å²) in [5.74, 6) is 0. The van der Waals surface area contributed by atoms with Crippen molar-refractivity contribution in [3.05, 3.63) is 182 Å². The molecular formula is C48H30O. The summed E-state index contributed by atoms with van der Waals surface area (Å²) in [7, 11) is 0. The van der Waals surface area contributed by atoms with E-state index in [0.717, 1.165) is 0 Å². The van der Waals surface area contributed by atoms with Crippen LogP contribution in [-0.2, 0) is 0 Å². The molecule has 10 rings (SSSR count). The number of benzene rings is 9. The van der Waals surface area contributed by atoms with Crippen LogP contribution >= 0.6 is 0 Å². The van der Waals surface area contributed by atoms with Crippen LogP contribution in [0, 0.1) is 0 Å². The first-order valence-corrected chi connectivity index (χ1v) is 15.4. The van der Waals surface area contributed by atoms with Crippen LogP contribution in [0.15, 0.2) is 186 Å². The van der Waals surface area contributed by atoms with Crippen LogP contribution in [0.3, 0.4) is 0 Å². The summed E-state index contributed by atoms with van der Waals surface area (Å²) >= 11 is 0. The second-order valence-corrected chi connectivity index (χ2v) is 11.5. The lowest BCUT2D eigenvalue weighted by Crippen LogP contribution is -1.91. The second-order valence-electron chi connectivity index (χ2n) is 11.5. The normalized spacial score (nSPS) is 16.8. The molecule has 0 atom stereocenters. The molecule has 49 heavy (non-hydrogen) atoms. The maximum Gasteiger partial charge on any atom is 0.143 e. The van der Waals surface area contributed by atoms with Crippen LogP contribution < -0.4 is 0 Å². The molecule has 0 amide bonds. The van der Waals surface area contributed by atoms with E-state index in [-0.39, 0.29) is 67.0 Å². The van der Waals surface area contributed by atoms with Crippen molar-refractivity contribution in [3.63, 3.8) is 0 Å². The fraction of sp³-hybridized carbons (Fsp3) is 0. The first-order chi connectivity index (χ1) is 31.8. The largest absolute Gasteiger partial charge is 0.455 e. The lowest BCUT2D eigenvalue weighted by Gasteiger charge is -2.18. The van der Waals surface area contributed by atoms with Gasteiger partial charge in [-0.1, -0.05) is 151 Å². The Morgan fingerprint density at radius 2 is 0.939 bits per heavy atom. The van der Waals surface area contributed by atoms with E-state index >= 15 is 0 Å². The number of hydrogen-bond donors (Lipinski definition) is 0. The second kappa shape index (κ2) is 11.1. The molecule has 0 unspecified atom stereocenters. The summed E-state index contributed by atoms with van der Waals surface area (Å²) in [6.45, 7) is 0. The summed E-state index contributed by atoms with van der Waals surface area (Å²) in [6.07, 6.45) is 0. The van der Waals surface area contributed by atoms with Crippen LogP contribution in [0.1, 0.15) is 24.7 Å². The summed E-state index contributed by atoms with van der Waals surface area (Å²) in [6, 6.07) is 10.3. The molecule has 0 spiro atoms. The van der Waals surface area contributed by atoms with Crippen LogP contribution in [0.2, 0.25) is 0 Å². The fourth-order valence-electron chi connectivity index (χ4n) is 6.78. The molecule has 0 fully saturated rings. The van der Waals surface area contributed by atoms with Crippen molar-refractivity contribution >= 4 is 54.3 Å². The first-order valence-electron chi connectivity index (χ1n) is 24.4. The van der Waals surface area contributed by atoms with Gasteiger partial charge in [-0.3, -0.25) is 0 Å². The van der Waals surface area contributed by atoms with Gasteiger partial charge in [0.25, 0.3) is 0 Å². The van der Waals surface area contributed by atoms with Crippen LogP contribution in [-0.4, -0.2) is 0 Å². The van der Waals surface area contributed by atoms with Crippen molar-refractivity contribution in [2.75, 3.05) is 0 Å². The average molecular weight is 641 g/mol. The third-order valence-electron chi connectivity index (χ3n) is 8.85. The SMILES string of the molecule is [2H]c1c([2H])c([2H])c(-c2cccc(-c3c4c([2H])c([2H])c([2H])c([2H])c4c(-c4cccc5oc6c7ccc(-c8c([2H])c([2H])c([2H])c([2H])c8[2H])cc7ccc6c45)c4c([2H])c([2H])c([2H])c([2H])c34)c2)c([2H])c1[2H]. The van der Waals surface area contributed by atoms with E-state index in [2.05, 4.69) is 0 Å². The molecule has 0 aliphatic heterocycles. The van der Waals surface area contributed by atoms with Crippen molar-refractivity contribution in [1.82, 2.24) is 0 Å². The molecule has 1 heterocycles. The van der Waals surface area contributed by atoms with Gasteiger partial charge in [0.2, 0.25) is 0 Å². The van der Waals surface area contributed by atoms with Gasteiger partial charge in [0.15, 0.2) is 0 Å². The third-order valence-corrected chi connectivity index (χ3v) is 8.85. The van der Waals surface area contributed by atoms with E-state index in [1.54, 1.807) is 54.6 Å². The van der Waals surface area contributed by atoms with Gasteiger partial charge in [0.05, 0.1) is 24.7 Å². The Hall–Kier alpha value is -6.44. The highest BCUT2D eigenvalue weighted by Gasteiger charge is 2.21. The van der Waals surface area contributed by atoms with Crippen LogP contribution in [0.4, 0.5) is 0 Å². The monoisotopic (exact) mass is 640 g/mol. The summed E-state index contributed by atoms with van der Waals surface area (Å²) in [5, 5.41) is 1.85. The van der Waals surface area contributed by atoms with Gasteiger partial charge in [-0.2, -0.15) is 0 Å². The molecule has 0 bridgehead atoms. The molecule has 10 aromatic rings. The Morgan fingerprint density at radius 3 is 1.61 bits per heavy atom. The predicted octanol–water partition coefficient (Wildman–Crippen LogP) is 13.7. The quantitative estimate of drug-likeness (QED) is 0.174. The maximum absolute atomic E-state index is 9.50. The number of hydrogen-bond acceptors (Lipinski definition) is 1. The maximum atomic E-state index is 9.50. The minimum atomic E-state index is -0.618. The molecular weight excluding hydrogens is 593 g/mol. The van der Waals surface area contributed by atoms with E-state index in [1.807, 2.05) is 0 Å². The molecule has 1 heteroatoms. The summed E-state index contributed by atoms with van der Waals surface area (Å²) in [4.78, 5) is 0. The van der Waals surface area contributed by atoms with E-state index in [4.69, 9.17) is 23.6 Å². The minimum Gasteiger partial charge on any atom is -0.455 e. The van der Waals surface area contributed by atoms with E-state index < -0.39 is 96.7 Å². The lowest BCUT2D eigenvalue weighted by atomic mass is 9.84. The lowest BCUT2D eigenvalue weighted by molar-refractivity contribution is 0.673. The van der Waals surface area contributed by atoms with Gasteiger partial charge < -0.3 is 4.42 Å². The van der Waals surface area contributed by atoms with E-state index in [9.17, 15) is 5.48 Å². The van der Waals surface area contributed by atoms with Crippen molar-refractivity contribution < 1.29 is 29.1 Å². The van der Waals surface area contributed by atoms with E-state index in [1.165, 1.54) is 18.2 Å². The predicted molar refractivity (Wildman–Crippen MR) is 208 cm³/mol. The number of furan rings is 1. The summed E-state index contributed by atoms with van der Waals surface area (Å²) in [5.41, 5.74) is 1.70. The Labute approximate surface area is 309 Å². The first kappa shape index (κ1) is 15.2. The average Bonchev–Trinajstić information content (AvgIpc) is 3.72. The Kier molecular flexibility index (Phi) is 3.43. The van der Waals surface area contributed by atoms with Crippen LogP contribution in [0.5, 0.6) is 0 Å². The molecule has 0 saturated heterocycles. The Morgan fingerprint density at radius 1 is 0.388 bits per heavy atom. The molecule has 0 saturated carbocycles. The van der Waals surface area contributed by atoms with Gasteiger partial charge in [-0.25, -0.2) is 0 Å². The number of rotatable bonds is 4. The van der Waals surface area contributed by atoms with Crippen molar-refractivity contribution in [3.8, 4) is 44.5 Å². The highest BCUT2D eigenvalue weighted by molar-refractivity contribution is 6.27. The van der Waals surface area contributed by atoms with Crippen molar-refractivity contribution in [2.24, 2.45) is 0 Å². The summed E-state index contributed by atoms with van der Waals surface area (Å²) < 4.78 is 164. The molecule has 228 valence electrons. The topological polar surface area (TPSA) is 13.1 Å². The molecule has 0 radical (unpaired) electrons. The smallest absolute Gasteiger partial charge is 0.143 e. The molecule has 0 N–H and O–H groups in total. The van der Waals surface area contributed by atoms with Crippen molar-refractivity contribution in [2.45, 2.75) is 0 Å². The fourth-order valence-corrected chi connectivity index (χ4v) is 6.78. The van der Waals surface area contributed by atoms with Gasteiger partial charge in [-0.05, 0) is 102 Å². The van der Waals surface area contributed by atoms with Gasteiger partial charge in [0, 0.05) is 16.2 Å². The van der Waals surface area contributed by atoms with Gasteiger partial charge in [-0.15, -0.1) is 0 Å². The Balaban J connectivity index is 1.33. The standard InChI is InChI=1S/C48H30O/c1-3-13-31(14-4-1)33-17-11-18-36(30-33)45-38-19-7-9-21-40(38)46(41-22-10-8-20-39(41)45)42-23-12-24-44-47(42)43-28-26-35-29-34(32-15-5-2-6-16-32)25-27-37(35)48(43)49-44/h1-30H/i1D,2D,3D,4D,5D,6D,7D,8D,9D,10D,13D,14D,15D,16D,19D,20D,21D,22D. The highest BCUT2D eigenvalue weighted by Crippen LogP contribution is 2.48. The molecule has 0 aliphatic rings. The number of fused-ring (bicyclic) bond motifs is 7. The highest BCUT2D eigenvalue weighted by atomic mass is 16.3. The molecule has 1 nitrogen and oxygen atoms in total. The van der Waals surface area contributed by atoms with Crippen molar-refractivity contribution in [1.29, 1.82) is 0 Å². The zero-order chi connectivity index (χ0) is 48.0. The third kappa shape index (κ3) is 4.40. The minimum absolute atomic E-state index is 0.00658. The Bertz CT molecular complexity index is 3770. The van der Waals surface area contributed by atoms with E-state index in [0.29, 0.717) is 43.8 Å². The zero-order valence-electron chi connectivity index (χ0n) is 43.3. The van der Waals surface area contributed by atoms with Gasteiger partial charge >= 0.3 is 0 Å². The van der Waals surface area contributed by atoms with Gasteiger partial charge in [0.1, 0.15) is 11.2 Å². The van der Waals surface area contributed by atoms with Crippen LogP contribution in [0.25, 0.3) is 98.8 Å².